The summed E-state index contributed by atoms with van der Waals surface area (Å²) < 4.78 is 24.7. The van der Waals surface area contributed by atoms with Crippen LogP contribution < -0.4 is 15.4 Å². The molecule has 3 amide bonds. The predicted molar refractivity (Wildman–Crippen MR) is 112 cm³/mol. The Balaban J connectivity index is 1.37. The van der Waals surface area contributed by atoms with E-state index in [9.17, 15) is 14.0 Å². The number of urea groups is 1. The first-order chi connectivity index (χ1) is 15.0. The molecule has 3 rings (SSSR count). The second-order valence-electron chi connectivity index (χ2n) is 6.41. The molecule has 0 aliphatic carbocycles. The van der Waals surface area contributed by atoms with Gasteiger partial charge in [0, 0.05) is 18.7 Å². The first-order valence-corrected chi connectivity index (χ1v) is 10.5. The molecule has 0 aliphatic heterocycles. The van der Waals surface area contributed by atoms with Gasteiger partial charge in [0.05, 0.1) is 0 Å². The van der Waals surface area contributed by atoms with Gasteiger partial charge in [-0.3, -0.25) is 10.1 Å². The normalized spacial score (nSPS) is 11.5. The van der Waals surface area contributed by atoms with Gasteiger partial charge >= 0.3 is 6.03 Å². The lowest BCUT2D eigenvalue weighted by Crippen LogP contribution is -2.39. The van der Waals surface area contributed by atoms with Crippen molar-refractivity contribution < 1.29 is 23.1 Å². The van der Waals surface area contributed by atoms with Crippen LogP contribution in [0.5, 0.6) is 5.75 Å². The molecule has 0 fully saturated rings. The molecule has 1 unspecified atom stereocenters. The first-order valence-electron chi connectivity index (χ1n) is 9.50. The van der Waals surface area contributed by atoms with Gasteiger partial charge in [-0.15, -0.1) is 10.2 Å². The van der Waals surface area contributed by atoms with Crippen molar-refractivity contribution in [3.63, 3.8) is 0 Å². The van der Waals surface area contributed by atoms with Crippen LogP contribution in [-0.2, 0) is 11.3 Å². The highest BCUT2D eigenvalue weighted by atomic mass is 32.2. The number of ether oxygens (including phenoxy) is 1. The van der Waals surface area contributed by atoms with Crippen LogP contribution in [0, 0.1) is 5.82 Å². The van der Waals surface area contributed by atoms with Gasteiger partial charge in [0.1, 0.15) is 0 Å². The minimum absolute atomic E-state index is 0.0857. The molecule has 10 heteroatoms. The van der Waals surface area contributed by atoms with Gasteiger partial charge in [0.15, 0.2) is 17.7 Å². The molecular weight excluding hydrogens is 423 g/mol. The zero-order chi connectivity index (χ0) is 22.1. The summed E-state index contributed by atoms with van der Waals surface area (Å²) in [6.45, 7) is 1.99. The summed E-state index contributed by atoms with van der Waals surface area (Å²) >= 11 is 1.17. The molecule has 0 spiro atoms. The zero-order valence-electron chi connectivity index (χ0n) is 16.7. The molecular formula is C21H21FN4O4S. The maximum absolute atomic E-state index is 13.7. The van der Waals surface area contributed by atoms with E-state index in [4.69, 9.17) is 9.15 Å². The van der Waals surface area contributed by atoms with Gasteiger partial charge in [-0.1, -0.05) is 54.2 Å². The molecule has 0 saturated heterocycles. The van der Waals surface area contributed by atoms with Crippen LogP contribution in [0.2, 0.25) is 0 Å². The van der Waals surface area contributed by atoms with Crippen molar-refractivity contribution >= 4 is 23.7 Å². The summed E-state index contributed by atoms with van der Waals surface area (Å²) in [4.78, 5) is 23.7. The van der Waals surface area contributed by atoms with Crippen LogP contribution in [-0.4, -0.2) is 27.9 Å². The Morgan fingerprint density at radius 3 is 2.65 bits per heavy atom. The number of benzene rings is 2. The van der Waals surface area contributed by atoms with E-state index in [0.717, 1.165) is 5.56 Å². The van der Waals surface area contributed by atoms with E-state index in [2.05, 4.69) is 20.8 Å². The number of para-hydroxylation sites is 1. The number of nitrogens with one attached hydrogen (secondary N) is 2. The highest BCUT2D eigenvalue weighted by molar-refractivity contribution is 7.99. The number of nitrogens with zero attached hydrogens (tertiary/aromatic N) is 2. The average molecular weight is 444 g/mol. The molecule has 31 heavy (non-hydrogen) atoms. The molecule has 0 radical (unpaired) electrons. The van der Waals surface area contributed by atoms with Crippen LogP contribution >= 0.6 is 11.8 Å². The number of hydrogen-bond acceptors (Lipinski definition) is 7. The number of imide groups is 1. The van der Waals surface area contributed by atoms with Crippen LogP contribution in [0.1, 0.15) is 30.9 Å². The molecule has 1 aromatic heterocycles. The summed E-state index contributed by atoms with van der Waals surface area (Å²) in [6, 6.07) is 14.8. The number of rotatable bonds is 9. The second kappa shape index (κ2) is 11.1. The molecule has 8 nitrogen and oxygen atoms in total. The Hall–Kier alpha value is -3.40. The first kappa shape index (κ1) is 22.3. The maximum Gasteiger partial charge on any atom is 0.321 e. The average Bonchev–Trinajstić information content (AvgIpc) is 3.24. The number of carbonyl (C=O) groups excluding carboxylic acids is 2. The number of amides is 3. The summed E-state index contributed by atoms with van der Waals surface area (Å²) in [5.41, 5.74) is 0.932. The molecule has 1 heterocycles. The van der Waals surface area contributed by atoms with Gasteiger partial charge in [-0.05, 0) is 24.6 Å². The fraction of sp³-hybridized carbons (Fsp3) is 0.238. The van der Waals surface area contributed by atoms with Crippen LogP contribution in [0.3, 0.4) is 0 Å². The molecule has 3 aromatic rings. The minimum Gasteiger partial charge on any atom is -0.478 e. The molecule has 1 atom stereocenters. The number of aromatic nitrogens is 2. The smallest absolute Gasteiger partial charge is 0.321 e. The standard InChI is InChI=1S/C21H21FN4O4S/c1-14(29-17-10-6-5-9-16(17)22)19-25-26-21(30-19)31-12-11-18(27)24-20(28)23-13-15-7-3-2-4-8-15/h2-10,14H,11-13H2,1H3,(H2,23,24,27,28). The van der Waals surface area contributed by atoms with Crippen molar-refractivity contribution in [1.29, 1.82) is 0 Å². The van der Waals surface area contributed by atoms with Crippen molar-refractivity contribution in [2.45, 2.75) is 31.2 Å². The summed E-state index contributed by atoms with van der Waals surface area (Å²) in [5.74, 6) is -0.293. The largest absolute Gasteiger partial charge is 0.478 e. The van der Waals surface area contributed by atoms with E-state index in [0.29, 0.717) is 12.3 Å². The van der Waals surface area contributed by atoms with Gasteiger partial charge in [0.25, 0.3) is 11.1 Å². The SMILES string of the molecule is CC(Oc1ccccc1F)c1nnc(SCCC(=O)NC(=O)NCc2ccccc2)o1. The van der Waals surface area contributed by atoms with E-state index < -0.39 is 23.9 Å². The quantitative estimate of drug-likeness (QED) is 0.483. The van der Waals surface area contributed by atoms with E-state index in [1.165, 1.54) is 23.9 Å². The third kappa shape index (κ3) is 7.10. The van der Waals surface area contributed by atoms with Crippen molar-refractivity contribution in [2.75, 3.05) is 5.75 Å². The Morgan fingerprint density at radius 2 is 1.87 bits per heavy atom. The van der Waals surface area contributed by atoms with Crippen LogP contribution in [0.25, 0.3) is 0 Å². The van der Waals surface area contributed by atoms with Crippen molar-refractivity contribution in [2.24, 2.45) is 0 Å². The van der Waals surface area contributed by atoms with Crippen molar-refractivity contribution in [3.8, 4) is 5.75 Å². The molecule has 0 aliphatic rings. The highest BCUT2D eigenvalue weighted by Crippen LogP contribution is 2.25. The number of halogens is 1. The number of carbonyl (C=O) groups is 2. The fourth-order valence-electron chi connectivity index (χ4n) is 2.47. The Kier molecular flexibility index (Phi) is 7.99. The predicted octanol–water partition coefficient (Wildman–Crippen LogP) is 3.86. The fourth-order valence-corrected chi connectivity index (χ4v) is 3.17. The third-order valence-electron chi connectivity index (χ3n) is 4.01. The van der Waals surface area contributed by atoms with Crippen LogP contribution in [0.15, 0.2) is 64.2 Å². The van der Waals surface area contributed by atoms with E-state index in [1.54, 1.807) is 19.1 Å². The molecule has 162 valence electrons. The van der Waals surface area contributed by atoms with E-state index in [1.807, 2.05) is 30.3 Å². The van der Waals surface area contributed by atoms with Gasteiger partial charge in [-0.2, -0.15) is 0 Å². The van der Waals surface area contributed by atoms with E-state index in [-0.39, 0.29) is 23.3 Å². The Bertz CT molecular complexity index is 1020. The molecule has 2 aromatic carbocycles. The van der Waals surface area contributed by atoms with Crippen molar-refractivity contribution in [3.05, 3.63) is 71.9 Å². The van der Waals surface area contributed by atoms with Crippen molar-refractivity contribution in [1.82, 2.24) is 20.8 Å². The monoisotopic (exact) mass is 444 g/mol. The highest BCUT2D eigenvalue weighted by Gasteiger charge is 2.18. The summed E-state index contributed by atoms with van der Waals surface area (Å²) in [6.07, 6.45) is -0.557. The summed E-state index contributed by atoms with van der Waals surface area (Å²) in [7, 11) is 0. The summed E-state index contributed by atoms with van der Waals surface area (Å²) in [5, 5.41) is 12.9. The lowest BCUT2D eigenvalue weighted by molar-refractivity contribution is -0.119. The molecule has 2 N–H and O–H groups in total. The van der Waals surface area contributed by atoms with Gasteiger partial charge in [-0.25, -0.2) is 9.18 Å². The van der Waals surface area contributed by atoms with Gasteiger partial charge in [0.2, 0.25) is 5.91 Å². The third-order valence-corrected chi connectivity index (χ3v) is 4.83. The zero-order valence-corrected chi connectivity index (χ0v) is 17.5. The number of thioether (sulfide) groups is 1. The van der Waals surface area contributed by atoms with Gasteiger partial charge < -0.3 is 14.5 Å². The minimum atomic E-state index is -0.643. The molecule has 0 saturated carbocycles. The Morgan fingerprint density at radius 1 is 1.13 bits per heavy atom. The lowest BCUT2D eigenvalue weighted by Gasteiger charge is -2.11. The number of hydrogen-bond donors (Lipinski definition) is 2. The van der Waals surface area contributed by atoms with Crippen LogP contribution in [0.4, 0.5) is 9.18 Å². The lowest BCUT2D eigenvalue weighted by atomic mass is 10.2. The van der Waals surface area contributed by atoms with E-state index >= 15 is 0 Å². The maximum atomic E-state index is 13.7. The Labute approximate surface area is 182 Å². The topological polar surface area (TPSA) is 106 Å². The molecule has 0 bridgehead atoms. The second-order valence-corrected chi connectivity index (χ2v) is 7.46.